The monoisotopic (exact) mass is 579 g/mol. The number of hydrogen-bond acceptors (Lipinski definition) is 6. The molecular formula is C32H35F2N3O5. The molecule has 8 nitrogen and oxygen atoms in total. The van der Waals surface area contributed by atoms with E-state index in [0.717, 1.165) is 36.1 Å². The zero-order valence-electron chi connectivity index (χ0n) is 23.3. The molecule has 3 aromatic carbocycles. The molecule has 42 heavy (non-hydrogen) atoms. The van der Waals surface area contributed by atoms with Gasteiger partial charge in [-0.2, -0.15) is 0 Å². The second-order valence-electron chi connectivity index (χ2n) is 10.1. The van der Waals surface area contributed by atoms with Crippen LogP contribution in [-0.4, -0.2) is 60.0 Å². The lowest BCUT2D eigenvalue weighted by molar-refractivity contribution is -0.121. The third kappa shape index (κ3) is 9.57. The number of piperidine rings is 2. The van der Waals surface area contributed by atoms with E-state index in [4.69, 9.17) is 9.47 Å². The second kappa shape index (κ2) is 15.5. The number of halogens is 2. The highest BCUT2D eigenvalue weighted by Gasteiger charge is 2.24. The summed E-state index contributed by atoms with van der Waals surface area (Å²) in [6, 6.07) is 23.0. The molecule has 0 saturated carbocycles. The van der Waals surface area contributed by atoms with Crippen LogP contribution in [0.15, 0.2) is 78.9 Å². The van der Waals surface area contributed by atoms with Gasteiger partial charge in [0.25, 0.3) is 0 Å². The van der Waals surface area contributed by atoms with E-state index < -0.39 is 11.6 Å². The SMILES string of the molecule is O=C(OCc1ccccc1)N1CCC(Nc2ccc(F)c(F)c2)CC1.O=C1CCN(C(=O)OCc2ccccc2)CC1. The Kier molecular flexibility index (Phi) is 11.3. The molecule has 0 atom stereocenters. The summed E-state index contributed by atoms with van der Waals surface area (Å²) in [5.41, 5.74) is 2.46. The molecule has 2 saturated heterocycles. The number of ketones is 1. The number of nitrogens with zero attached hydrogens (tertiary/aromatic N) is 2. The molecule has 0 aromatic heterocycles. The maximum Gasteiger partial charge on any atom is 0.410 e. The zero-order valence-corrected chi connectivity index (χ0v) is 23.3. The number of ether oxygens (including phenoxy) is 2. The molecule has 1 N–H and O–H groups in total. The van der Waals surface area contributed by atoms with Gasteiger partial charge in [0.1, 0.15) is 19.0 Å². The fourth-order valence-corrected chi connectivity index (χ4v) is 4.59. The molecule has 5 rings (SSSR count). The van der Waals surface area contributed by atoms with E-state index in [1.165, 1.54) is 6.07 Å². The summed E-state index contributed by atoms with van der Waals surface area (Å²) in [6.45, 7) is 2.62. The number of Topliss-reactive ketones (excluding diaryl/α,β-unsaturated/α-hetero) is 1. The molecule has 0 radical (unpaired) electrons. The van der Waals surface area contributed by atoms with Crippen molar-refractivity contribution in [2.24, 2.45) is 0 Å². The van der Waals surface area contributed by atoms with Crippen molar-refractivity contribution >= 4 is 23.7 Å². The van der Waals surface area contributed by atoms with E-state index >= 15 is 0 Å². The Labute approximate surface area is 244 Å². The van der Waals surface area contributed by atoms with Crippen LogP contribution in [0.2, 0.25) is 0 Å². The summed E-state index contributed by atoms with van der Waals surface area (Å²) >= 11 is 0. The van der Waals surface area contributed by atoms with E-state index in [-0.39, 0.29) is 37.2 Å². The topological polar surface area (TPSA) is 88.2 Å². The number of nitrogens with one attached hydrogen (secondary N) is 1. The van der Waals surface area contributed by atoms with Gasteiger partial charge in [-0.1, -0.05) is 60.7 Å². The molecule has 0 bridgehead atoms. The number of carbonyl (C=O) groups excluding carboxylic acids is 3. The maximum absolute atomic E-state index is 13.2. The van der Waals surface area contributed by atoms with E-state index in [1.54, 1.807) is 9.80 Å². The lowest BCUT2D eigenvalue weighted by Gasteiger charge is -2.32. The average Bonchev–Trinajstić information content (AvgIpc) is 3.02. The smallest absolute Gasteiger partial charge is 0.410 e. The highest BCUT2D eigenvalue weighted by molar-refractivity contribution is 5.81. The number of hydrogen-bond donors (Lipinski definition) is 1. The number of amides is 2. The Bertz CT molecular complexity index is 1310. The van der Waals surface area contributed by atoms with Gasteiger partial charge < -0.3 is 24.6 Å². The second-order valence-corrected chi connectivity index (χ2v) is 10.1. The first-order chi connectivity index (χ1) is 20.4. The number of carbonyl (C=O) groups is 3. The minimum absolute atomic E-state index is 0.114. The number of benzene rings is 3. The van der Waals surface area contributed by atoms with Gasteiger partial charge in [0, 0.05) is 56.8 Å². The average molecular weight is 580 g/mol. The highest BCUT2D eigenvalue weighted by atomic mass is 19.2. The molecule has 0 aliphatic carbocycles. The molecule has 2 heterocycles. The Morgan fingerprint density at radius 1 is 0.714 bits per heavy atom. The summed E-state index contributed by atoms with van der Waals surface area (Å²) in [4.78, 5) is 38.1. The van der Waals surface area contributed by atoms with Crippen LogP contribution in [0.5, 0.6) is 0 Å². The van der Waals surface area contributed by atoms with Gasteiger partial charge in [-0.05, 0) is 36.1 Å². The summed E-state index contributed by atoms with van der Waals surface area (Å²) in [5.74, 6) is -1.51. The first-order valence-corrected chi connectivity index (χ1v) is 14.0. The van der Waals surface area contributed by atoms with Crippen molar-refractivity contribution in [1.82, 2.24) is 9.80 Å². The van der Waals surface area contributed by atoms with Crippen molar-refractivity contribution in [2.45, 2.75) is 44.9 Å². The molecule has 2 amide bonds. The van der Waals surface area contributed by atoms with E-state index in [0.29, 0.717) is 44.7 Å². The fourth-order valence-electron chi connectivity index (χ4n) is 4.59. The van der Waals surface area contributed by atoms with Gasteiger partial charge in [-0.25, -0.2) is 18.4 Å². The van der Waals surface area contributed by atoms with E-state index in [2.05, 4.69) is 5.32 Å². The van der Waals surface area contributed by atoms with Gasteiger partial charge in [0.05, 0.1) is 0 Å². The largest absolute Gasteiger partial charge is 0.445 e. The molecule has 2 fully saturated rings. The highest BCUT2D eigenvalue weighted by Crippen LogP contribution is 2.19. The molecule has 0 unspecified atom stereocenters. The van der Waals surface area contributed by atoms with Crippen LogP contribution >= 0.6 is 0 Å². The van der Waals surface area contributed by atoms with Crippen molar-refractivity contribution in [2.75, 3.05) is 31.5 Å². The fraction of sp³-hybridized carbons (Fsp3) is 0.344. The molecule has 222 valence electrons. The lowest BCUT2D eigenvalue weighted by atomic mass is 10.0. The van der Waals surface area contributed by atoms with Crippen molar-refractivity contribution in [3.8, 4) is 0 Å². The van der Waals surface area contributed by atoms with Crippen LogP contribution in [0.1, 0.15) is 36.8 Å². The van der Waals surface area contributed by atoms with Crippen LogP contribution in [0.25, 0.3) is 0 Å². The lowest BCUT2D eigenvalue weighted by Crippen LogP contribution is -2.42. The predicted molar refractivity (Wildman–Crippen MR) is 154 cm³/mol. The molecular weight excluding hydrogens is 544 g/mol. The minimum Gasteiger partial charge on any atom is -0.445 e. The number of rotatable bonds is 6. The molecule has 3 aromatic rings. The van der Waals surface area contributed by atoms with Crippen molar-refractivity contribution < 1.29 is 32.6 Å². The third-order valence-corrected chi connectivity index (χ3v) is 7.03. The maximum atomic E-state index is 13.2. The Hall–Kier alpha value is -4.47. The quantitative estimate of drug-likeness (QED) is 0.376. The van der Waals surface area contributed by atoms with Gasteiger partial charge in [0.2, 0.25) is 0 Å². The van der Waals surface area contributed by atoms with Crippen molar-refractivity contribution in [3.63, 3.8) is 0 Å². The normalized spacial score (nSPS) is 15.3. The molecule has 2 aliphatic rings. The van der Waals surface area contributed by atoms with E-state index in [9.17, 15) is 23.2 Å². The van der Waals surface area contributed by atoms with Gasteiger partial charge >= 0.3 is 12.2 Å². The Morgan fingerprint density at radius 2 is 1.21 bits per heavy atom. The Morgan fingerprint density at radius 3 is 1.71 bits per heavy atom. The van der Waals surface area contributed by atoms with Crippen molar-refractivity contribution in [3.05, 3.63) is 102 Å². The minimum atomic E-state index is -0.869. The summed E-state index contributed by atoms with van der Waals surface area (Å²) < 4.78 is 36.7. The van der Waals surface area contributed by atoms with Crippen LogP contribution in [0, 0.1) is 11.6 Å². The first-order valence-electron chi connectivity index (χ1n) is 14.0. The summed E-state index contributed by atoms with van der Waals surface area (Å²) in [6.07, 6.45) is 1.68. The number of likely N-dealkylation sites (tertiary alicyclic amines) is 2. The summed E-state index contributed by atoms with van der Waals surface area (Å²) in [5, 5.41) is 3.18. The Balaban J connectivity index is 0.000000208. The van der Waals surface area contributed by atoms with Gasteiger partial charge in [-0.3, -0.25) is 4.79 Å². The number of anilines is 1. The van der Waals surface area contributed by atoms with Gasteiger partial charge in [0.15, 0.2) is 11.6 Å². The van der Waals surface area contributed by atoms with E-state index in [1.807, 2.05) is 60.7 Å². The molecule has 0 spiro atoms. The molecule has 2 aliphatic heterocycles. The predicted octanol–water partition coefficient (Wildman–Crippen LogP) is 6.17. The van der Waals surface area contributed by atoms with Gasteiger partial charge in [-0.15, -0.1) is 0 Å². The first kappa shape index (κ1) is 30.5. The standard InChI is InChI=1S/C19H20F2N2O2.C13H15NO3/c20-17-7-6-16(12-18(17)21)22-15-8-10-23(11-9-15)19(24)25-13-14-4-2-1-3-5-14;15-12-6-8-14(9-7-12)13(16)17-10-11-4-2-1-3-5-11/h1-7,12,15,22H,8-11,13H2;1-5H,6-10H2. The summed E-state index contributed by atoms with van der Waals surface area (Å²) in [7, 11) is 0. The van der Waals surface area contributed by atoms with Crippen LogP contribution < -0.4 is 5.32 Å². The van der Waals surface area contributed by atoms with Crippen LogP contribution in [0.4, 0.5) is 24.1 Å². The van der Waals surface area contributed by atoms with Crippen LogP contribution in [0.3, 0.4) is 0 Å². The van der Waals surface area contributed by atoms with Crippen molar-refractivity contribution in [1.29, 1.82) is 0 Å². The third-order valence-electron chi connectivity index (χ3n) is 7.03. The zero-order chi connectivity index (χ0) is 29.7. The van der Waals surface area contributed by atoms with Crippen LogP contribution in [-0.2, 0) is 27.5 Å². The molecule has 10 heteroatoms.